The van der Waals surface area contributed by atoms with Gasteiger partial charge in [0, 0.05) is 35.3 Å². The summed E-state index contributed by atoms with van der Waals surface area (Å²) >= 11 is 0. The Hall–Kier alpha value is -3.55. The minimum atomic E-state index is -0.316. The first-order valence-electron chi connectivity index (χ1n) is 9.83. The third-order valence-corrected chi connectivity index (χ3v) is 5.30. The van der Waals surface area contributed by atoms with Crippen LogP contribution in [0.4, 0.5) is 10.2 Å². The summed E-state index contributed by atoms with van der Waals surface area (Å²) in [6, 6.07) is 11.4. The van der Waals surface area contributed by atoms with Crippen LogP contribution in [0.25, 0.3) is 11.1 Å². The highest BCUT2D eigenvalue weighted by molar-refractivity contribution is 5.93. The summed E-state index contributed by atoms with van der Waals surface area (Å²) in [4.78, 5) is 28.9. The van der Waals surface area contributed by atoms with E-state index >= 15 is 0 Å². The minimum absolute atomic E-state index is 0.0106. The van der Waals surface area contributed by atoms with Crippen LogP contribution in [-0.2, 0) is 4.79 Å². The molecule has 0 bridgehead atoms. The summed E-state index contributed by atoms with van der Waals surface area (Å²) in [5.41, 5.74) is 1.36. The number of rotatable bonds is 5. The highest BCUT2D eigenvalue weighted by atomic mass is 19.1. The molecule has 2 amide bonds. The van der Waals surface area contributed by atoms with E-state index < -0.39 is 0 Å². The van der Waals surface area contributed by atoms with Gasteiger partial charge in [-0.05, 0) is 43.9 Å². The quantitative estimate of drug-likeness (QED) is 0.669. The molecular formula is C22H21FN4O3. The van der Waals surface area contributed by atoms with Gasteiger partial charge in [0.05, 0.1) is 0 Å². The smallest absolute Gasteiger partial charge is 0.273 e. The minimum Gasteiger partial charge on any atom is -0.364 e. The lowest BCUT2D eigenvalue weighted by molar-refractivity contribution is -0.120. The van der Waals surface area contributed by atoms with Gasteiger partial charge in [-0.3, -0.25) is 9.59 Å². The molecular weight excluding hydrogens is 387 g/mol. The lowest BCUT2D eigenvalue weighted by atomic mass is 9.85. The highest BCUT2D eigenvalue weighted by Gasteiger charge is 2.28. The first-order chi connectivity index (χ1) is 14.6. The number of carbonyl (C=O) groups is 2. The first-order valence-corrected chi connectivity index (χ1v) is 9.83. The number of pyridine rings is 1. The number of halogens is 1. The van der Waals surface area contributed by atoms with E-state index in [0.717, 1.165) is 0 Å². The molecule has 7 nitrogen and oxygen atoms in total. The van der Waals surface area contributed by atoms with Crippen LogP contribution in [0.15, 0.2) is 59.4 Å². The van der Waals surface area contributed by atoms with E-state index in [0.29, 0.717) is 42.6 Å². The number of benzene rings is 1. The second-order valence-corrected chi connectivity index (χ2v) is 7.31. The maximum atomic E-state index is 13.9. The number of nitrogens with one attached hydrogen (secondary N) is 2. The monoisotopic (exact) mass is 408 g/mol. The predicted molar refractivity (Wildman–Crippen MR) is 108 cm³/mol. The van der Waals surface area contributed by atoms with Gasteiger partial charge >= 0.3 is 0 Å². The lowest BCUT2D eigenvalue weighted by Gasteiger charge is -2.28. The molecule has 2 aromatic heterocycles. The van der Waals surface area contributed by atoms with Gasteiger partial charge in [-0.2, -0.15) is 0 Å². The maximum absolute atomic E-state index is 13.9. The molecule has 8 heteroatoms. The third-order valence-electron chi connectivity index (χ3n) is 5.30. The van der Waals surface area contributed by atoms with E-state index in [1.807, 2.05) is 0 Å². The lowest BCUT2D eigenvalue weighted by Crippen LogP contribution is -2.39. The van der Waals surface area contributed by atoms with Crippen LogP contribution < -0.4 is 10.6 Å². The molecule has 0 saturated heterocycles. The number of amides is 2. The largest absolute Gasteiger partial charge is 0.364 e. The van der Waals surface area contributed by atoms with Crippen molar-refractivity contribution in [1.29, 1.82) is 0 Å². The molecule has 154 valence electrons. The van der Waals surface area contributed by atoms with E-state index in [-0.39, 0.29) is 35.3 Å². The van der Waals surface area contributed by atoms with Crippen molar-refractivity contribution in [2.75, 3.05) is 5.32 Å². The summed E-state index contributed by atoms with van der Waals surface area (Å²) in [5, 5.41) is 9.37. The second kappa shape index (κ2) is 8.86. The van der Waals surface area contributed by atoms with Crippen molar-refractivity contribution < 1.29 is 18.5 Å². The van der Waals surface area contributed by atoms with Crippen molar-refractivity contribution in [3.63, 3.8) is 0 Å². The van der Waals surface area contributed by atoms with Crippen molar-refractivity contribution in [3.8, 4) is 11.1 Å². The van der Waals surface area contributed by atoms with Crippen molar-refractivity contribution in [2.24, 2.45) is 5.92 Å². The summed E-state index contributed by atoms with van der Waals surface area (Å²) in [5.74, 6) is -0.388. The number of anilines is 1. The van der Waals surface area contributed by atoms with Crippen molar-refractivity contribution in [1.82, 2.24) is 15.5 Å². The van der Waals surface area contributed by atoms with Crippen LogP contribution in [0, 0.1) is 11.7 Å². The molecule has 1 aromatic carbocycles. The van der Waals surface area contributed by atoms with E-state index in [1.165, 1.54) is 18.4 Å². The predicted octanol–water partition coefficient (Wildman–Crippen LogP) is 3.80. The Morgan fingerprint density at radius 3 is 2.50 bits per heavy atom. The zero-order chi connectivity index (χ0) is 20.9. The molecule has 0 unspecified atom stereocenters. The summed E-state index contributed by atoms with van der Waals surface area (Å²) < 4.78 is 18.6. The van der Waals surface area contributed by atoms with Crippen LogP contribution >= 0.6 is 0 Å². The fourth-order valence-corrected chi connectivity index (χ4v) is 3.64. The Morgan fingerprint density at radius 1 is 1.03 bits per heavy atom. The molecule has 0 radical (unpaired) electrons. The van der Waals surface area contributed by atoms with Crippen LogP contribution in [0.1, 0.15) is 36.2 Å². The van der Waals surface area contributed by atoms with E-state index in [9.17, 15) is 14.0 Å². The molecule has 0 atom stereocenters. The molecule has 3 aromatic rings. The Morgan fingerprint density at radius 2 is 1.83 bits per heavy atom. The molecule has 1 saturated carbocycles. The van der Waals surface area contributed by atoms with E-state index in [4.69, 9.17) is 0 Å². The molecule has 1 fully saturated rings. The van der Waals surface area contributed by atoms with Gasteiger partial charge in [0.25, 0.3) is 5.91 Å². The standard InChI is InChI=1S/C22H21FN4O3/c23-18-4-2-1-3-17(18)15-7-10-20(24-13-15)26-21(28)14-5-8-16(9-6-14)25-22(29)19-11-12-30-27-19/h1-4,7,10-14,16H,5-6,8-9H2,(H,25,29)(H,24,26,28)/t14-,16+. The Balaban J connectivity index is 1.29. The normalized spacial score (nSPS) is 18.6. The topological polar surface area (TPSA) is 97.1 Å². The van der Waals surface area contributed by atoms with Gasteiger partial charge in [0.15, 0.2) is 5.69 Å². The number of aromatic nitrogens is 2. The Kier molecular flexibility index (Phi) is 5.83. The number of hydrogen-bond acceptors (Lipinski definition) is 5. The van der Waals surface area contributed by atoms with Gasteiger partial charge in [0.2, 0.25) is 5.91 Å². The SMILES string of the molecule is O=C(N[C@H]1CC[C@@H](C(=O)Nc2ccc(-c3ccccc3F)cn2)CC1)c1ccon1. The molecule has 0 spiro atoms. The summed E-state index contributed by atoms with van der Waals surface area (Å²) in [6.07, 6.45) is 5.66. The molecule has 1 aliphatic rings. The number of carbonyl (C=O) groups excluding carboxylic acids is 2. The first kappa shape index (κ1) is 19.8. The Labute approximate surface area is 172 Å². The molecule has 4 rings (SSSR count). The second-order valence-electron chi connectivity index (χ2n) is 7.31. The summed E-state index contributed by atoms with van der Waals surface area (Å²) in [6.45, 7) is 0. The molecule has 1 aliphatic carbocycles. The van der Waals surface area contributed by atoms with Crippen LogP contribution in [-0.4, -0.2) is 28.0 Å². The zero-order valence-corrected chi connectivity index (χ0v) is 16.2. The number of nitrogens with zero attached hydrogens (tertiary/aromatic N) is 2. The highest BCUT2D eigenvalue weighted by Crippen LogP contribution is 2.26. The average molecular weight is 408 g/mol. The summed E-state index contributed by atoms with van der Waals surface area (Å²) in [7, 11) is 0. The van der Waals surface area contributed by atoms with Crippen molar-refractivity contribution in [2.45, 2.75) is 31.7 Å². The van der Waals surface area contributed by atoms with Gasteiger partial charge in [-0.15, -0.1) is 0 Å². The van der Waals surface area contributed by atoms with Crippen LogP contribution in [0.3, 0.4) is 0 Å². The van der Waals surface area contributed by atoms with Crippen LogP contribution in [0.5, 0.6) is 0 Å². The van der Waals surface area contributed by atoms with Gasteiger partial charge < -0.3 is 15.2 Å². The van der Waals surface area contributed by atoms with Gasteiger partial charge in [0.1, 0.15) is 17.9 Å². The average Bonchev–Trinajstić information content (AvgIpc) is 3.30. The molecule has 30 heavy (non-hydrogen) atoms. The zero-order valence-electron chi connectivity index (χ0n) is 16.2. The van der Waals surface area contributed by atoms with Gasteiger partial charge in [-0.1, -0.05) is 23.4 Å². The maximum Gasteiger partial charge on any atom is 0.273 e. The van der Waals surface area contributed by atoms with Gasteiger partial charge in [-0.25, -0.2) is 9.37 Å². The molecule has 0 aliphatic heterocycles. The molecule has 2 heterocycles. The van der Waals surface area contributed by atoms with Crippen LogP contribution in [0.2, 0.25) is 0 Å². The third kappa shape index (κ3) is 4.53. The fourth-order valence-electron chi connectivity index (χ4n) is 3.64. The Bertz CT molecular complexity index is 1010. The van der Waals surface area contributed by atoms with E-state index in [2.05, 4.69) is 25.3 Å². The van der Waals surface area contributed by atoms with Crippen molar-refractivity contribution in [3.05, 3.63) is 66.4 Å². The van der Waals surface area contributed by atoms with Crippen molar-refractivity contribution >= 4 is 17.6 Å². The fraction of sp³-hybridized carbons (Fsp3) is 0.273. The molecule has 2 N–H and O–H groups in total. The van der Waals surface area contributed by atoms with E-state index in [1.54, 1.807) is 36.5 Å². The number of hydrogen-bond donors (Lipinski definition) is 2.